The van der Waals surface area contributed by atoms with Gasteiger partial charge in [0.2, 0.25) is 0 Å². The SMILES string of the molecule is [CH2]CCCCCCCCCCCCCCC(CC)CCCCCC[CH2]. The van der Waals surface area contributed by atoms with E-state index in [2.05, 4.69) is 20.8 Å². The van der Waals surface area contributed by atoms with Crippen molar-refractivity contribution in [3.05, 3.63) is 13.8 Å². The summed E-state index contributed by atoms with van der Waals surface area (Å²) >= 11 is 0. The van der Waals surface area contributed by atoms with Crippen molar-refractivity contribution in [3.63, 3.8) is 0 Å². The van der Waals surface area contributed by atoms with Crippen molar-refractivity contribution in [2.24, 2.45) is 5.92 Å². The van der Waals surface area contributed by atoms with Gasteiger partial charge in [0, 0.05) is 0 Å². The molecule has 0 saturated heterocycles. The molecule has 0 nitrogen and oxygen atoms in total. The second-order valence-corrected chi connectivity index (χ2v) is 8.22. The maximum Gasteiger partial charge on any atom is -0.0417 e. The molecule has 1 atom stereocenters. The van der Waals surface area contributed by atoms with E-state index in [9.17, 15) is 0 Å². The molecule has 25 heavy (non-hydrogen) atoms. The molecule has 0 aromatic carbocycles. The van der Waals surface area contributed by atoms with E-state index in [4.69, 9.17) is 0 Å². The highest BCUT2D eigenvalue weighted by molar-refractivity contribution is 4.59. The quantitative estimate of drug-likeness (QED) is 0.181. The molecule has 0 aliphatic rings. The Morgan fingerprint density at radius 3 is 1.00 bits per heavy atom. The van der Waals surface area contributed by atoms with E-state index < -0.39 is 0 Å². The van der Waals surface area contributed by atoms with E-state index in [1.807, 2.05) is 0 Å². The summed E-state index contributed by atoms with van der Waals surface area (Å²) in [5.74, 6) is 1.00. The summed E-state index contributed by atoms with van der Waals surface area (Å²) in [6.07, 6.45) is 29.6. The highest BCUT2D eigenvalue weighted by Crippen LogP contribution is 2.21. The molecule has 0 aliphatic carbocycles. The fraction of sp³-hybridized carbons (Fsp3) is 0.920. The molecule has 2 radical (unpaired) electrons. The third-order valence-corrected chi connectivity index (χ3v) is 5.80. The van der Waals surface area contributed by atoms with E-state index in [0.29, 0.717) is 0 Å². The Morgan fingerprint density at radius 1 is 0.440 bits per heavy atom. The molecular weight excluding hydrogens is 300 g/mol. The van der Waals surface area contributed by atoms with Gasteiger partial charge < -0.3 is 0 Å². The molecule has 0 aromatic rings. The Bertz CT molecular complexity index is 220. The van der Waals surface area contributed by atoms with Crippen LogP contribution in [0.15, 0.2) is 0 Å². The molecule has 0 N–H and O–H groups in total. The van der Waals surface area contributed by atoms with Gasteiger partial charge in [0.05, 0.1) is 0 Å². The summed E-state index contributed by atoms with van der Waals surface area (Å²) in [5, 5.41) is 0. The van der Waals surface area contributed by atoms with Crippen LogP contribution in [0.25, 0.3) is 0 Å². The lowest BCUT2D eigenvalue weighted by Crippen LogP contribution is -1.99. The van der Waals surface area contributed by atoms with Gasteiger partial charge in [-0.05, 0) is 5.92 Å². The van der Waals surface area contributed by atoms with Gasteiger partial charge in [0.25, 0.3) is 0 Å². The lowest BCUT2D eigenvalue weighted by molar-refractivity contribution is 0.393. The normalized spacial score (nSPS) is 12.6. The first-order chi connectivity index (χ1) is 12.3. The summed E-state index contributed by atoms with van der Waals surface area (Å²) in [6.45, 7) is 10.2. The van der Waals surface area contributed by atoms with E-state index in [0.717, 1.165) is 18.8 Å². The van der Waals surface area contributed by atoms with Gasteiger partial charge >= 0.3 is 0 Å². The van der Waals surface area contributed by atoms with Crippen molar-refractivity contribution in [2.45, 2.75) is 142 Å². The molecular formula is C25H50. The first-order valence-electron chi connectivity index (χ1n) is 11.9. The minimum Gasteiger partial charge on any atom is -0.0651 e. The zero-order valence-corrected chi connectivity index (χ0v) is 17.8. The van der Waals surface area contributed by atoms with Crippen LogP contribution in [0.4, 0.5) is 0 Å². The van der Waals surface area contributed by atoms with Crippen molar-refractivity contribution >= 4 is 0 Å². The second kappa shape index (κ2) is 22.0. The van der Waals surface area contributed by atoms with Gasteiger partial charge in [0.15, 0.2) is 0 Å². The Morgan fingerprint density at radius 2 is 0.720 bits per heavy atom. The predicted octanol–water partition coefficient (Wildman–Crippen LogP) is 9.48. The smallest absolute Gasteiger partial charge is 0.0417 e. The van der Waals surface area contributed by atoms with Gasteiger partial charge in [-0.1, -0.05) is 156 Å². The molecule has 0 rings (SSSR count). The number of hydrogen-bond acceptors (Lipinski definition) is 0. The molecule has 0 aromatic heterocycles. The van der Waals surface area contributed by atoms with Crippen molar-refractivity contribution in [1.82, 2.24) is 0 Å². The summed E-state index contributed by atoms with van der Waals surface area (Å²) in [6, 6.07) is 0. The van der Waals surface area contributed by atoms with E-state index in [1.54, 1.807) is 0 Å². The maximum atomic E-state index is 3.93. The summed E-state index contributed by atoms with van der Waals surface area (Å²) in [4.78, 5) is 0. The van der Waals surface area contributed by atoms with Gasteiger partial charge in [-0.15, -0.1) is 0 Å². The van der Waals surface area contributed by atoms with Crippen molar-refractivity contribution < 1.29 is 0 Å². The molecule has 0 saturated carbocycles. The highest BCUT2D eigenvalue weighted by Gasteiger charge is 2.05. The fourth-order valence-electron chi connectivity index (χ4n) is 3.89. The molecule has 0 aliphatic heterocycles. The van der Waals surface area contributed by atoms with Crippen molar-refractivity contribution in [2.75, 3.05) is 0 Å². The van der Waals surface area contributed by atoms with Gasteiger partial charge in [0.1, 0.15) is 0 Å². The zero-order chi connectivity index (χ0) is 18.4. The van der Waals surface area contributed by atoms with Crippen molar-refractivity contribution in [1.29, 1.82) is 0 Å². The van der Waals surface area contributed by atoms with Crippen LogP contribution in [0.5, 0.6) is 0 Å². The van der Waals surface area contributed by atoms with E-state index >= 15 is 0 Å². The molecule has 0 spiro atoms. The average Bonchev–Trinajstić information content (AvgIpc) is 2.63. The first-order valence-corrected chi connectivity index (χ1v) is 11.9. The van der Waals surface area contributed by atoms with Crippen LogP contribution in [0.2, 0.25) is 0 Å². The van der Waals surface area contributed by atoms with Crippen LogP contribution < -0.4 is 0 Å². The largest absolute Gasteiger partial charge is 0.0651 e. The molecule has 0 fully saturated rings. The first kappa shape index (κ1) is 25.0. The van der Waals surface area contributed by atoms with E-state index in [-0.39, 0.29) is 0 Å². The van der Waals surface area contributed by atoms with Crippen LogP contribution in [0.3, 0.4) is 0 Å². The fourth-order valence-corrected chi connectivity index (χ4v) is 3.89. The Hall–Kier alpha value is 0. The molecule has 150 valence electrons. The van der Waals surface area contributed by atoms with Crippen molar-refractivity contribution in [3.8, 4) is 0 Å². The number of hydrogen-bond donors (Lipinski definition) is 0. The Kier molecular flexibility index (Phi) is 22.0. The minimum absolute atomic E-state index is 1.00. The molecule has 0 heteroatoms. The third kappa shape index (κ3) is 20.2. The van der Waals surface area contributed by atoms with Crippen LogP contribution in [-0.4, -0.2) is 0 Å². The molecule has 0 bridgehead atoms. The standard InChI is InChI=1S/C25H50/c1-4-7-9-11-12-13-14-15-16-17-18-20-22-24-25(6-3)23-21-19-10-8-5-2/h25H,1-2,4-24H2,3H3. The minimum atomic E-state index is 1.00. The summed E-state index contributed by atoms with van der Waals surface area (Å²) in [7, 11) is 0. The van der Waals surface area contributed by atoms with Crippen LogP contribution in [0, 0.1) is 19.8 Å². The Balaban J connectivity index is 3.22. The lowest BCUT2D eigenvalue weighted by Gasteiger charge is -2.14. The van der Waals surface area contributed by atoms with Gasteiger partial charge in [-0.2, -0.15) is 0 Å². The van der Waals surface area contributed by atoms with Gasteiger partial charge in [-0.25, -0.2) is 0 Å². The molecule has 0 amide bonds. The monoisotopic (exact) mass is 350 g/mol. The van der Waals surface area contributed by atoms with Crippen LogP contribution >= 0.6 is 0 Å². The topological polar surface area (TPSA) is 0 Å². The number of rotatable bonds is 21. The Labute approximate surface area is 161 Å². The molecule has 1 unspecified atom stereocenters. The summed E-state index contributed by atoms with van der Waals surface area (Å²) < 4.78 is 0. The highest BCUT2D eigenvalue weighted by atomic mass is 14.1. The maximum absolute atomic E-state index is 3.93. The summed E-state index contributed by atoms with van der Waals surface area (Å²) in [5.41, 5.74) is 0. The third-order valence-electron chi connectivity index (χ3n) is 5.80. The average molecular weight is 351 g/mol. The van der Waals surface area contributed by atoms with Crippen LogP contribution in [0.1, 0.15) is 142 Å². The van der Waals surface area contributed by atoms with E-state index in [1.165, 1.54) is 122 Å². The van der Waals surface area contributed by atoms with Gasteiger partial charge in [-0.3, -0.25) is 0 Å². The zero-order valence-electron chi connectivity index (χ0n) is 17.8. The molecule has 0 heterocycles. The number of unbranched alkanes of at least 4 members (excludes halogenated alkanes) is 16. The lowest BCUT2D eigenvalue weighted by atomic mass is 9.92. The second-order valence-electron chi connectivity index (χ2n) is 8.22. The van der Waals surface area contributed by atoms with Crippen LogP contribution in [-0.2, 0) is 0 Å². The predicted molar refractivity (Wildman–Crippen MR) is 117 cm³/mol.